The lowest BCUT2D eigenvalue weighted by Gasteiger charge is -2.10. The fourth-order valence-electron chi connectivity index (χ4n) is 1.71. The van der Waals surface area contributed by atoms with Crippen LogP contribution < -0.4 is 4.74 Å². The number of aromatic nitrogens is 1. The summed E-state index contributed by atoms with van der Waals surface area (Å²) in [5.74, 6) is -1.35. The summed E-state index contributed by atoms with van der Waals surface area (Å²) in [4.78, 5) is 10.8. The highest BCUT2D eigenvalue weighted by atomic mass is 79.9. The Morgan fingerprint density at radius 3 is 2.38 bits per heavy atom. The van der Waals surface area contributed by atoms with Crippen LogP contribution in [-0.4, -0.2) is 22.0 Å². The Labute approximate surface area is 125 Å². The van der Waals surface area contributed by atoms with Crippen LogP contribution in [0.4, 0.5) is 13.2 Å². The molecule has 4 nitrogen and oxygen atoms in total. The average molecular weight is 364 g/mol. The van der Waals surface area contributed by atoms with E-state index in [2.05, 4.69) is 20.7 Å². The van der Waals surface area contributed by atoms with Gasteiger partial charge in [0.1, 0.15) is 5.75 Å². The molecule has 0 aliphatic rings. The third kappa shape index (κ3) is 4.25. The van der Waals surface area contributed by atoms with Crippen molar-refractivity contribution in [2.45, 2.75) is 12.9 Å². The second-order valence-corrected chi connectivity index (χ2v) is 4.99. The second-order valence-electron chi connectivity index (χ2n) is 4.18. The molecule has 0 saturated heterocycles. The third-order valence-electron chi connectivity index (χ3n) is 2.60. The SMILES string of the molecule is O=C(O)c1cc(Br)n(Cc2ccc(OC(F)(F)F)cc2)c1. The predicted molar refractivity (Wildman–Crippen MR) is 71.3 cm³/mol. The Kier molecular flexibility index (Phi) is 4.26. The molecule has 1 aromatic carbocycles. The first-order valence-electron chi connectivity index (χ1n) is 5.68. The number of benzene rings is 1. The van der Waals surface area contributed by atoms with E-state index in [1.54, 1.807) is 4.57 Å². The Hall–Kier alpha value is -1.96. The van der Waals surface area contributed by atoms with E-state index in [-0.39, 0.29) is 11.3 Å². The van der Waals surface area contributed by atoms with Crippen molar-refractivity contribution in [3.63, 3.8) is 0 Å². The van der Waals surface area contributed by atoms with Crippen LogP contribution in [0.3, 0.4) is 0 Å². The van der Waals surface area contributed by atoms with Crippen molar-refractivity contribution in [3.05, 3.63) is 52.3 Å². The molecule has 0 amide bonds. The summed E-state index contributed by atoms with van der Waals surface area (Å²) in [5.41, 5.74) is 0.830. The van der Waals surface area contributed by atoms with E-state index in [1.807, 2.05) is 0 Å². The van der Waals surface area contributed by atoms with Crippen LogP contribution in [0.2, 0.25) is 0 Å². The number of aromatic carboxylic acids is 1. The van der Waals surface area contributed by atoms with Gasteiger partial charge in [0.05, 0.1) is 10.2 Å². The molecule has 0 atom stereocenters. The minimum atomic E-state index is -4.72. The Morgan fingerprint density at radius 1 is 1.29 bits per heavy atom. The van der Waals surface area contributed by atoms with Gasteiger partial charge in [-0.25, -0.2) is 4.79 Å². The summed E-state index contributed by atoms with van der Waals surface area (Å²) in [5, 5.41) is 8.88. The molecule has 0 unspecified atom stereocenters. The summed E-state index contributed by atoms with van der Waals surface area (Å²) < 4.78 is 42.1. The quantitative estimate of drug-likeness (QED) is 0.896. The maximum atomic E-state index is 12.0. The monoisotopic (exact) mass is 363 g/mol. The molecule has 8 heteroatoms. The largest absolute Gasteiger partial charge is 0.573 e. The molecule has 2 rings (SSSR count). The zero-order chi connectivity index (χ0) is 15.6. The highest BCUT2D eigenvalue weighted by Gasteiger charge is 2.30. The van der Waals surface area contributed by atoms with Gasteiger partial charge in [0, 0.05) is 12.7 Å². The van der Waals surface area contributed by atoms with Gasteiger partial charge in [-0.1, -0.05) is 12.1 Å². The standard InChI is InChI=1S/C13H9BrF3NO3/c14-11-5-9(12(19)20)7-18(11)6-8-1-3-10(4-2-8)21-13(15,16)17/h1-5,7H,6H2,(H,19,20). The van der Waals surface area contributed by atoms with Gasteiger partial charge in [-0.3, -0.25) is 0 Å². The first-order chi connectivity index (χ1) is 9.74. The Bertz CT molecular complexity index is 650. The molecule has 0 saturated carbocycles. The van der Waals surface area contributed by atoms with Crippen LogP contribution in [0, 0.1) is 0 Å². The zero-order valence-electron chi connectivity index (χ0n) is 10.4. The average Bonchev–Trinajstić information content (AvgIpc) is 2.72. The molecule has 0 fully saturated rings. The third-order valence-corrected chi connectivity index (χ3v) is 3.29. The van der Waals surface area contributed by atoms with Crippen molar-refractivity contribution in [1.29, 1.82) is 0 Å². The van der Waals surface area contributed by atoms with E-state index >= 15 is 0 Å². The smallest absolute Gasteiger partial charge is 0.478 e. The van der Waals surface area contributed by atoms with Crippen molar-refractivity contribution in [3.8, 4) is 5.75 Å². The number of hydrogen-bond acceptors (Lipinski definition) is 2. The molecular formula is C13H9BrF3NO3. The van der Waals surface area contributed by atoms with Gasteiger partial charge in [0.2, 0.25) is 0 Å². The molecule has 0 aliphatic heterocycles. The van der Waals surface area contributed by atoms with Gasteiger partial charge in [-0.2, -0.15) is 0 Å². The van der Waals surface area contributed by atoms with Gasteiger partial charge >= 0.3 is 12.3 Å². The maximum Gasteiger partial charge on any atom is 0.573 e. The molecule has 0 spiro atoms. The molecule has 2 aromatic rings. The summed E-state index contributed by atoms with van der Waals surface area (Å²) >= 11 is 3.22. The lowest BCUT2D eigenvalue weighted by molar-refractivity contribution is -0.274. The number of nitrogens with zero attached hydrogens (tertiary/aromatic N) is 1. The number of hydrogen-bond donors (Lipinski definition) is 1. The van der Waals surface area contributed by atoms with Crippen molar-refractivity contribution in [1.82, 2.24) is 4.57 Å². The van der Waals surface area contributed by atoms with Gasteiger partial charge in [0.25, 0.3) is 0 Å². The summed E-state index contributed by atoms with van der Waals surface area (Å²) in [6.07, 6.45) is -3.28. The molecule has 1 aromatic heterocycles. The summed E-state index contributed by atoms with van der Waals surface area (Å²) in [6, 6.07) is 6.82. The van der Waals surface area contributed by atoms with E-state index < -0.39 is 12.3 Å². The van der Waals surface area contributed by atoms with Crippen LogP contribution in [0.15, 0.2) is 41.1 Å². The topological polar surface area (TPSA) is 51.5 Å². The number of carboxylic acids is 1. The van der Waals surface area contributed by atoms with Gasteiger partial charge < -0.3 is 14.4 Å². The van der Waals surface area contributed by atoms with Gasteiger partial charge in [-0.15, -0.1) is 13.2 Å². The van der Waals surface area contributed by atoms with E-state index in [4.69, 9.17) is 5.11 Å². The highest BCUT2D eigenvalue weighted by Crippen LogP contribution is 2.23. The van der Waals surface area contributed by atoms with Crippen molar-refractivity contribution < 1.29 is 27.8 Å². The highest BCUT2D eigenvalue weighted by molar-refractivity contribution is 9.10. The number of ether oxygens (including phenoxy) is 1. The number of carboxylic acid groups (broad SMARTS) is 1. The molecule has 112 valence electrons. The van der Waals surface area contributed by atoms with E-state index in [9.17, 15) is 18.0 Å². The maximum absolute atomic E-state index is 12.0. The Balaban J connectivity index is 2.12. The molecule has 1 heterocycles. The fraction of sp³-hybridized carbons (Fsp3) is 0.154. The number of carbonyl (C=O) groups is 1. The van der Waals surface area contributed by atoms with Gasteiger partial charge in [0.15, 0.2) is 0 Å². The summed E-state index contributed by atoms with van der Waals surface area (Å²) in [6.45, 7) is 0.320. The minimum absolute atomic E-state index is 0.124. The van der Waals surface area contributed by atoms with Crippen LogP contribution in [0.25, 0.3) is 0 Å². The lowest BCUT2D eigenvalue weighted by Crippen LogP contribution is -2.17. The number of alkyl halides is 3. The first-order valence-corrected chi connectivity index (χ1v) is 6.47. The van der Waals surface area contributed by atoms with Crippen LogP contribution >= 0.6 is 15.9 Å². The van der Waals surface area contributed by atoms with E-state index in [0.29, 0.717) is 16.7 Å². The van der Waals surface area contributed by atoms with Crippen molar-refractivity contribution in [2.75, 3.05) is 0 Å². The molecular weight excluding hydrogens is 355 g/mol. The predicted octanol–water partition coefficient (Wildman–Crippen LogP) is 3.90. The second kappa shape index (κ2) is 5.80. The van der Waals surface area contributed by atoms with Crippen molar-refractivity contribution >= 4 is 21.9 Å². The Morgan fingerprint density at radius 2 is 1.90 bits per heavy atom. The van der Waals surface area contributed by atoms with E-state index in [1.165, 1.54) is 36.5 Å². The first kappa shape index (κ1) is 15.4. The molecule has 0 bridgehead atoms. The molecule has 0 radical (unpaired) electrons. The molecule has 21 heavy (non-hydrogen) atoms. The normalized spacial score (nSPS) is 11.4. The molecule has 1 N–H and O–H groups in total. The van der Waals surface area contributed by atoms with Crippen molar-refractivity contribution in [2.24, 2.45) is 0 Å². The van der Waals surface area contributed by atoms with Crippen LogP contribution in [0.5, 0.6) is 5.75 Å². The van der Waals surface area contributed by atoms with Gasteiger partial charge in [-0.05, 0) is 39.7 Å². The van der Waals surface area contributed by atoms with E-state index in [0.717, 1.165) is 0 Å². The lowest BCUT2D eigenvalue weighted by atomic mass is 10.2. The zero-order valence-corrected chi connectivity index (χ0v) is 12.0. The number of rotatable bonds is 4. The number of halogens is 4. The van der Waals surface area contributed by atoms with Crippen LogP contribution in [-0.2, 0) is 6.54 Å². The fourth-order valence-corrected chi connectivity index (χ4v) is 2.18. The van der Waals surface area contributed by atoms with Crippen LogP contribution in [0.1, 0.15) is 15.9 Å². The molecule has 0 aliphatic carbocycles. The summed E-state index contributed by atoms with van der Waals surface area (Å²) in [7, 11) is 0. The minimum Gasteiger partial charge on any atom is -0.478 e.